The van der Waals surface area contributed by atoms with Crippen LogP contribution in [0.2, 0.25) is 5.15 Å². The maximum absolute atomic E-state index is 13.2. The number of rotatable bonds is 5. The Bertz CT molecular complexity index is 1490. The number of anilines is 1. The van der Waals surface area contributed by atoms with E-state index in [0.29, 0.717) is 35.0 Å². The van der Waals surface area contributed by atoms with E-state index in [0.717, 1.165) is 22.4 Å². The summed E-state index contributed by atoms with van der Waals surface area (Å²) in [5.41, 5.74) is 11.2. The van der Waals surface area contributed by atoms with Crippen LogP contribution in [-0.2, 0) is 13.0 Å². The van der Waals surface area contributed by atoms with Crippen LogP contribution < -0.4 is 11.4 Å². The van der Waals surface area contributed by atoms with Crippen LogP contribution in [0.15, 0.2) is 77.6 Å². The van der Waals surface area contributed by atoms with Crippen molar-refractivity contribution in [2.75, 3.05) is 5.73 Å². The number of benzene rings is 2. The molecule has 0 aliphatic heterocycles. The van der Waals surface area contributed by atoms with Crippen LogP contribution in [0.5, 0.6) is 0 Å². The maximum Gasteiger partial charge on any atom is 0.353 e. The first kappa shape index (κ1) is 20.9. The molecule has 0 spiro atoms. The average molecular weight is 457 g/mol. The van der Waals surface area contributed by atoms with E-state index < -0.39 is 0 Å². The molecule has 5 aromatic rings. The number of nitrogens with zero attached hydrogens (tertiary/aromatic N) is 5. The lowest BCUT2D eigenvalue weighted by atomic mass is 10.0. The Labute approximate surface area is 195 Å². The lowest BCUT2D eigenvalue weighted by Gasteiger charge is -2.12. The Morgan fingerprint density at radius 1 is 0.939 bits per heavy atom. The number of nitrogen functional groups attached to an aromatic ring is 1. The van der Waals surface area contributed by atoms with Crippen molar-refractivity contribution in [2.24, 2.45) is 0 Å². The molecular formula is C25H21ClN6O. The zero-order valence-electron chi connectivity index (χ0n) is 17.9. The molecule has 2 aromatic carbocycles. The van der Waals surface area contributed by atoms with Gasteiger partial charge in [0.25, 0.3) is 0 Å². The predicted molar refractivity (Wildman–Crippen MR) is 130 cm³/mol. The van der Waals surface area contributed by atoms with Crippen LogP contribution in [0.3, 0.4) is 0 Å². The van der Waals surface area contributed by atoms with E-state index in [1.165, 1.54) is 9.08 Å². The third-order valence-electron chi connectivity index (χ3n) is 5.47. The topological polar surface area (TPSA) is 91.1 Å². The SMILES string of the molecule is Cc1cc(-c2c(-c3ccccc3)nc(N)n3c(=O)n(CCc4ccccc4)nc23)cc(Cl)n1. The highest BCUT2D eigenvalue weighted by Crippen LogP contribution is 2.35. The molecule has 5 rings (SSSR count). The van der Waals surface area contributed by atoms with Crippen molar-refractivity contribution < 1.29 is 0 Å². The summed E-state index contributed by atoms with van der Waals surface area (Å²) in [6.45, 7) is 2.28. The van der Waals surface area contributed by atoms with E-state index in [4.69, 9.17) is 22.4 Å². The summed E-state index contributed by atoms with van der Waals surface area (Å²) in [7, 11) is 0. The first-order valence-corrected chi connectivity index (χ1v) is 10.9. The van der Waals surface area contributed by atoms with E-state index in [1.54, 1.807) is 6.07 Å². The molecule has 0 aliphatic carbocycles. The molecule has 0 bridgehead atoms. The summed E-state index contributed by atoms with van der Waals surface area (Å²) in [5.74, 6) is 0.0837. The Morgan fingerprint density at radius 2 is 1.64 bits per heavy atom. The largest absolute Gasteiger partial charge is 0.369 e. The van der Waals surface area contributed by atoms with Gasteiger partial charge in [-0.05, 0) is 36.6 Å². The van der Waals surface area contributed by atoms with Crippen molar-refractivity contribution in [1.82, 2.24) is 24.1 Å². The van der Waals surface area contributed by atoms with Crippen molar-refractivity contribution in [1.29, 1.82) is 0 Å². The van der Waals surface area contributed by atoms with E-state index in [-0.39, 0.29) is 11.6 Å². The first-order valence-electron chi connectivity index (χ1n) is 10.5. The van der Waals surface area contributed by atoms with Gasteiger partial charge in [-0.3, -0.25) is 0 Å². The van der Waals surface area contributed by atoms with E-state index in [9.17, 15) is 4.79 Å². The van der Waals surface area contributed by atoms with Crippen molar-refractivity contribution >= 4 is 23.2 Å². The van der Waals surface area contributed by atoms with Crippen molar-refractivity contribution in [3.05, 3.63) is 99.7 Å². The predicted octanol–water partition coefficient (Wildman–Crippen LogP) is 4.41. The van der Waals surface area contributed by atoms with Crippen molar-refractivity contribution in [3.8, 4) is 22.4 Å². The normalized spacial score (nSPS) is 11.2. The standard InChI is InChI=1S/C25H21ClN6O/c1-16-14-19(15-20(26)28-16)21-22(18-10-6-3-7-11-18)29-24(27)32-23(21)30-31(25(32)33)13-12-17-8-4-2-5-9-17/h2-11,14-15H,12-13H2,1H3,(H2,27,29). The minimum Gasteiger partial charge on any atom is -0.369 e. The monoisotopic (exact) mass is 456 g/mol. The number of aryl methyl sites for hydroxylation is 3. The highest BCUT2D eigenvalue weighted by atomic mass is 35.5. The molecule has 0 unspecified atom stereocenters. The Balaban J connectivity index is 1.75. The molecule has 33 heavy (non-hydrogen) atoms. The van der Waals surface area contributed by atoms with Gasteiger partial charge in [0, 0.05) is 11.3 Å². The molecule has 0 aliphatic rings. The molecule has 2 N–H and O–H groups in total. The minimum atomic E-state index is -0.330. The fourth-order valence-electron chi connectivity index (χ4n) is 3.97. The second-order valence-electron chi connectivity index (χ2n) is 7.78. The zero-order valence-corrected chi connectivity index (χ0v) is 18.7. The van der Waals surface area contributed by atoms with Crippen molar-refractivity contribution in [2.45, 2.75) is 19.9 Å². The molecule has 0 saturated heterocycles. The molecule has 0 radical (unpaired) electrons. The zero-order chi connectivity index (χ0) is 22.9. The quantitative estimate of drug-likeness (QED) is 0.395. The molecule has 0 fully saturated rings. The molecule has 0 amide bonds. The van der Waals surface area contributed by atoms with Gasteiger partial charge in [-0.1, -0.05) is 72.3 Å². The van der Waals surface area contributed by atoms with Gasteiger partial charge in [-0.15, -0.1) is 5.10 Å². The summed E-state index contributed by atoms with van der Waals surface area (Å²) in [5, 5.41) is 5.05. The van der Waals surface area contributed by atoms with Crippen molar-refractivity contribution in [3.63, 3.8) is 0 Å². The van der Waals surface area contributed by atoms with Crippen LogP contribution in [0.4, 0.5) is 5.95 Å². The Kier molecular flexibility index (Phi) is 5.40. The number of halogens is 1. The first-order chi connectivity index (χ1) is 16.0. The molecule has 164 valence electrons. The van der Waals surface area contributed by atoms with Gasteiger partial charge in [-0.25, -0.2) is 23.8 Å². The van der Waals surface area contributed by atoms with Gasteiger partial charge >= 0.3 is 5.69 Å². The number of pyridine rings is 1. The highest BCUT2D eigenvalue weighted by molar-refractivity contribution is 6.29. The summed E-state index contributed by atoms with van der Waals surface area (Å²) < 4.78 is 2.80. The van der Waals surface area contributed by atoms with Gasteiger partial charge in [0.05, 0.1) is 17.8 Å². The molecular weight excluding hydrogens is 436 g/mol. The lowest BCUT2D eigenvalue weighted by Crippen LogP contribution is -2.24. The Hall–Kier alpha value is -3.97. The van der Waals surface area contributed by atoms with Crippen LogP contribution in [0.25, 0.3) is 28.0 Å². The van der Waals surface area contributed by atoms with Gasteiger partial charge in [0.1, 0.15) is 5.15 Å². The smallest absolute Gasteiger partial charge is 0.353 e. The Morgan fingerprint density at radius 3 is 2.33 bits per heavy atom. The maximum atomic E-state index is 13.2. The minimum absolute atomic E-state index is 0.0837. The number of nitrogens with two attached hydrogens (primary N) is 1. The van der Waals surface area contributed by atoms with Crippen LogP contribution in [0, 0.1) is 6.92 Å². The number of aromatic nitrogens is 5. The van der Waals surface area contributed by atoms with Gasteiger partial charge < -0.3 is 5.73 Å². The number of hydrogen-bond acceptors (Lipinski definition) is 5. The fourth-order valence-corrected chi connectivity index (χ4v) is 4.22. The van der Waals surface area contributed by atoms with Crippen LogP contribution in [-0.4, -0.2) is 24.1 Å². The fraction of sp³-hybridized carbons (Fsp3) is 0.120. The third-order valence-corrected chi connectivity index (χ3v) is 5.66. The van der Waals surface area contributed by atoms with Crippen LogP contribution in [0.1, 0.15) is 11.3 Å². The van der Waals surface area contributed by atoms with Gasteiger partial charge in [-0.2, -0.15) is 0 Å². The summed E-state index contributed by atoms with van der Waals surface area (Å²) in [6, 6.07) is 23.3. The van der Waals surface area contributed by atoms with Gasteiger partial charge in [0.15, 0.2) is 5.65 Å². The third kappa shape index (κ3) is 3.99. The van der Waals surface area contributed by atoms with E-state index in [2.05, 4.69) is 9.97 Å². The second kappa shape index (κ2) is 8.52. The summed E-state index contributed by atoms with van der Waals surface area (Å²) >= 11 is 6.28. The highest BCUT2D eigenvalue weighted by Gasteiger charge is 2.22. The van der Waals surface area contributed by atoms with Crippen LogP contribution >= 0.6 is 11.6 Å². The molecule has 3 heterocycles. The summed E-state index contributed by atoms with van der Waals surface area (Å²) in [4.78, 5) is 22.1. The lowest BCUT2D eigenvalue weighted by molar-refractivity contribution is 0.593. The van der Waals surface area contributed by atoms with E-state index >= 15 is 0 Å². The number of hydrogen-bond donors (Lipinski definition) is 1. The molecule has 0 atom stereocenters. The molecule has 8 heteroatoms. The number of fused-ring (bicyclic) bond motifs is 1. The molecule has 0 saturated carbocycles. The summed E-state index contributed by atoms with van der Waals surface area (Å²) in [6.07, 6.45) is 0.666. The molecule has 7 nitrogen and oxygen atoms in total. The van der Waals surface area contributed by atoms with Gasteiger partial charge in [0.2, 0.25) is 5.95 Å². The molecule has 3 aromatic heterocycles. The van der Waals surface area contributed by atoms with E-state index in [1.807, 2.05) is 73.7 Å². The average Bonchev–Trinajstić information content (AvgIpc) is 3.14. The second-order valence-corrected chi connectivity index (χ2v) is 8.17.